The zero-order valence-electron chi connectivity index (χ0n) is 20.8. The van der Waals surface area contributed by atoms with E-state index in [1.54, 1.807) is 33.3 Å². The second kappa shape index (κ2) is 11.2. The molecule has 0 aliphatic heterocycles. The van der Waals surface area contributed by atoms with Gasteiger partial charge in [-0.15, -0.1) is 11.3 Å². The summed E-state index contributed by atoms with van der Waals surface area (Å²) in [7, 11) is 3.25. The Morgan fingerprint density at radius 1 is 1.14 bits per heavy atom. The lowest BCUT2D eigenvalue weighted by Crippen LogP contribution is -2.21. The zero-order valence-corrected chi connectivity index (χ0v) is 21.6. The topological polar surface area (TPSA) is 103 Å². The molecule has 2 aromatic heterocycles. The summed E-state index contributed by atoms with van der Waals surface area (Å²) in [6, 6.07) is 7.49. The first-order valence-electron chi connectivity index (χ1n) is 11.2. The number of carbonyl (C=O) groups is 3. The van der Waals surface area contributed by atoms with Crippen LogP contribution in [0.3, 0.4) is 0 Å². The van der Waals surface area contributed by atoms with Crippen LogP contribution >= 0.6 is 11.3 Å². The van der Waals surface area contributed by atoms with Crippen molar-refractivity contribution in [3.8, 4) is 5.75 Å². The molecule has 3 rings (SSSR count). The van der Waals surface area contributed by atoms with Crippen LogP contribution in [0.25, 0.3) is 0 Å². The van der Waals surface area contributed by atoms with E-state index in [2.05, 4.69) is 10.4 Å². The van der Waals surface area contributed by atoms with Gasteiger partial charge in [-0.25, -0.2) is 9.48 Å². The van der Waals surface area contributed by atoms with Crippen LogP contribution < -0.4 is 10.1 Å². The summed E-state index contributed by atoms with van der Waals surface area (Å²) < 4.78 is 12.6. The van der Waals surface area contributed by atoms with Gasteiger partial charge in [-0.05, 0) is 56.0 Å². The highest BCUT2D eigenvalue weighted by molar-refractivity contribution is 7.18. The van der Waals surface area contributed by atoms with Gasteiger partial charge < -0.3 is 19.7 Å². The molecule has 1 aromatic carbocycles. The summed E-state index contributed by atoms with van der Waals surface area (Å²) in [6.45, 7) is 7.87. The summed E-state index contributed by atoms with van der Waals surface area (Å²) in [5, 5.41) is 7.27. The number of hydrogen-bond acceptors (Lipinski definition) is 7. The molecule has 0 fully saturated rings. The lowest BCUT2D eigenvalue weighted by Gasteiger charge is -2.10. The minimum Gasteiger partial charge on any atom is -0.471 e. The minimum atomic E-state index is -0.582. The summed E-state index contributed by atoms with van der Waals surface area (Å²) in [5.74, 6) is -0.606. The highest BCUT2D eigenvalue weighted by atomic mass is 32.1. The molecule has 1 N–H and O–H groups in total. The van der Waals surface area contributed by atoms with E-state index in [0.717, 1.165) is 28.2 Å². The van der Waals surface area contributed by atoms with Crippen LogP contribution in [0.4, 0.5) is 5.00 Å². The predicted octanol–water partition coefficient (Wildman–Crippen LogP) is 4.43. The van der Waals surface area contributed by atoms with Crippen molar-refractivity contribution in [3.05, 3.63) is 63.3 Å². The molecule has 0 atom stereocenters. The highest BCUT2D eigenvalue weighted by Crippen LogP contribution is 2.34. The van der Waals surface area contributed by atoms with Crippen LogP contribution in [0.1, 0.15) is 60.6 Å². The Bertz CT molecular complexity index is 1240. The Morgan fingerprint density at radius 2 is 1.89 bits per heavy atom. The van der Waals surface area contributed by atoms with Gasteiger partial charge in [0.05, 0.1) is 17.0 Å². The maximum absolute atomic E-state index is 12.9. The minimum absolute atomic E-state index is 0.131. The molecule has 186 valence electrons. The molecule has 2 amide bonds. The Balaban J connectivity index is 1.79. The number of nitrogens with zero attached hydrogens (tertiary/aromatic N) is 3. The molecule has 10 heteroatoms. The third-order valence-electron chi connectivity index (χ3n) is 5.18. The molecule has 0 unspecified atom stereocenters. The van der Waals surface area contributed by atoms with E-state index in [9.17, 15) is 14.4 Å². The normalized spacial score (nSPS) is 10.7. The van der Waals surface area contributed by atoms with Crippen LogP contribution in [0, 0.1) is 20.8 Å². The molecule has 0 radical (unpaired) electrons. The standard InChI is InChI=1S/C25H30N4O5S/c1-7-12-33-25(32)20-17(4)21(24(31)28(5)6)35-23(20)26-22(30)18-10-11-29(27-18)14-34-19-13-15(2)8-9-16(19)3/h8-11,13H,7,12,14H2,1-6H3,(H,26,30). The van der Waals surface area contributed by atoms with E-state index in [4.69, 9.17) is 9.47 Å². The van der Waals surface area contributed by atoms with Crippen molar-refractivity contribution in [2.75, 3.05) is 26.0 Å². The van der Waals surface area contributed by atoms with Gasteiger partial charge in [0.1, 0.15) is 10.8 Å². The Kier molecular flexibility index (Phi) is 8.29. The van der Waals surface area contributed by atoms with E-state index in [-0.39, 0.29) is 35.5 Å². The predicted molar refractivity (Wildman–Crippen MR) is 134 cm³/mol. The van der Waals surface area contributed by atoms with E-state index in [1.807, 2.05) is 39.0 Å². The number of nitrogens with one attached hydrogen (secondary N) is 1. The van der Waals surface area contributed by atoms with Gasteiger partial charge in [-0.3, -0.25) is 9.59 Å². The van der Waals surface area contributed by atoms with Gasteiger partial charge in [0.15, 0.2) is 12.4 Å². The molecule has 0 saturated heterocycles. The number of carbonyl (C=O) groups excluding carboxylic acids is 3. The fraction of sp³-hybridized carbons (Fsp3) is 0.360. The Morgan fingerprint density at radius 3 is 2.57 bits per heavy atom. The van der Waals surface area contributed by atoms with Crippen molar-refractivity contribution in [3.63, 3.8) is 0 Å². The summed E-state index contributed by atoms with van der Waals surface area (Å²) in [5.41, 5.74) is 2.88. The van der Waals surface area contributed by atoms with E-state index >= 15 is 0 Å². The molecule has 0 aliphatic rings. The lowest BCUT2D eigenvalue weighted by atomic mass is 10.1. The second-order valence-corrected chi connectivity index (χ2v) is 9.35. The van der Waals surface area contributed by atoms with Crippen molar-refractivity contribution < 1.29 is 23.9 Å². The number of ether oxygens (including phenoxy) is 2. The molecular formula is C25H30N4O5S. The molecule has 0 spiro atoms. The lowest BCUT2D eigenvalue weighted by molar-refractivity contribution is 0.0506. The number of rotatable bonds is 9. The van der Waals surface area contributed by atoms with E-state index < -0.39 is 11.9 Å². The van der Waals surface area contributed by atoms with Crippen LogP contribution in [0.15, 0.2) is 30.5 Å². The first kappa shape index (κ1) is 26.0. The number of thiophene rings is 1. The number of aryl methyl sites for hydroxylation is 2. The number of esters is 1. The second-order valence-electron chi connectivity index (χ2n) is 8.33. The maximum Gasteiger partial charge on any atom is 0.341 e. The van der Waals surface area contributed by atoms with Gasteiger partial charge in [0.2, 0.25) is 0 Å². The van der Waals surface area contributed by atoms with Crippen molar-refractivity contribution in [1.29, 1.82) is 0 Å². The smallest absolute Gasteiger partial charge is 0.341 e. The van der Waals surface area contributed by atoms with Crippen molar-refractivity contribution in [1.82, 2.24) is 14.7 Å². The first-order chi connectivity index (χ1) is 16.6. The molecule has 0 saturated carbocycles. The van der Waals surface area contributed by atoms with Gasteiger partial charge in [0, 0.05) is 20.3 Å². The first-order valence-corrected chi connectivity index (χ1v) is 12.0. The van der Waals surface area contributed by atoms with Gasteiger partial charge in [-0.2, -0.15) is 5.10 Å². The van der Waals surface area contributed by atoms with Crippen molar-refractivity contribution in [2.24, 2.45) is 0 Å². The third kappa shape index (κ3) is 6.07. The summed E-state index contributed by atoms with van der Waals surface area (Å²) in [6.07, 6.45) is 2.29. The average molecular weight is 499 g/mol. The molecule has 0 bridgehead atoms. The summed E-state index contributed by atoms with van der Waals surface area (Å²) in [4.78, 5) is 40.0. The number of anilines is 1. The van der Waals surface area contributed by atoms with Crippen LogP contribution in [0.5, 0.6) is 5.75 Å². The third-order valence-corrected chi connectivity index (χ3v) is 6.38. The maximum atomic E-state index is 12.9. The molecule has 35 heavy (non-hydrogen) atoms. The molecule has 9 nitrogen and oxygen atoms in total. The largest absolute Gasteiger partial charge is 0.471 e. The van der Waals surface area contributed by atoms with Gasteiger partial charge >= 0.3 is 5.97 Å². The van der Waals surface area contributed by atoms with Crippen LogP contribution in [-0.2, 0) is 11.5 Å². The van der Waals surface area contributed by atoms with E-state index in [1.165, 1.54) is 9.58 Å². The van der Waals surface area contributed by atoms with Gasteiger partial charge in [-0.1, -0.05) is 19.1 Å². The zero-order chi connectivity index (χ0) is 25.7. The summed E-state index contributed by atoms with van der Waals surface area (Å²) >= 11 is 1.04. The molecular weight excluding hydrogens is 468 g/mol. The molecule has 2 heterocycles. The van der Waals surface area contributed by atoms with Crippen molar-refractivity contribution in [2.45, 2.75) is 40.8 Å². The number of amides is 2. The molecule has 0 aliphatic carbocycles. The molecule has 3 aromatic rings. The number of aromatic nitrogens is 2. The average Bonchev–Trinajstić information content (AvgIpc) is 3.42. The fourth-order valence-electron chi connectivity index (χ4n) is 3.24. The Labute approximate surface area is 208 Å². The number of benzene rings is 1. The van der Waals surface area contributed by atoms with Crippen LogP contribution in [-0.4, -0.2) is 53.2 Å². The van der Waals surface area contributed by atoms with E-state index in [0.29, 0.717) is 16.9 Å². The van der Waals surface area contributed by atoms with Crippen LogP contribution in [0.2, 0.25) is 0 Å². The Hall–Kier alpha value is -3.66. The highest BCUT2D eigenvalue weighted by Gasteiger charge is 2.28. The monoisotopic (exact) mass is 498 g/mol. The quantitative estimate of drug-likeness (QED) is 0.438. The van der Waals surface area contributed by atoms with Gasteiger partial charge in [0.25, 0.3) is 11.8 Å². The number of hydrogen-bond donors (Lipinski definition) is 1. The fourth-order valence-corrected chi connectivity index (χ4v) is 4.45. The van der Waals surface area contributed by atoms with Crippen molar-refractivity contribution >= 4 is 34.1 Å². The SMILES string of the molecule is CCCOC(=O)c1c(NC(=O)c2ccn(COc3cc(C)ccc3C)n2)sc(C(=O)N(C)C)c1C.